The van der Waals surface area contributed by atoms with Crippen molar-refractivity contribution in [3.63, 3.8) is 0 Å². The number of Topliss-reactive ketones (excluding diaryl/α,β-unsaturated/α-hetero) is 1. The first-order valence-electron chi connectivity index (χ1n) is 6.45. The van der Waals surface area contributed by atoms with Crippen LogP contribution in [0.15, 0.2) is 30.3 Å². The van der Waals surface area contributed by atoms with Gasteiger partial charge in [0.2, 0.25) is 5.95 Å². The Labute approximate surface area is 122 Å². The fourth-order valence-electron chi connectivity index (χ4n) is 1.83. The lowest BCUT2D eigenvalue weighted by atomic mass is 10.1. The fourth-order valence-corrected chi connectivity index (χ4v) is 1.83. The molecule has 0 unspecified atom stereocenters. The number of amides is 2. The van der Waals surface area contributed by atoms with Crippen molar-refractivity contribution in [3.8, 4) is 0 Å². The highest BCUT2D eigenvalue weighted by atomic mass is 16.2. The summed E-state index contributed by atoms with van der Waals surface area (Å²) in [5.41, 5.74) is 2.74. The Balaban J connectivity index is 2.02. The third-order valence-corrected chi connectivity index (χ3v) is 2.76. The van der Waals surface area contributed by atoms with Gasteiger partial charge in [-0.25, -0.2) is 14.8 Å². The zero-order chi connectivity index (χ0) is 15.4. The second-order valence-corrected chi connectivity index (χ2v) is 4.69. The number of urea groups is 1. The smallest absolute Gasteiger partial charge is 0.308 e. The van der Waals surface area contributed by atoms with Gasteiger partial charge in [0.1, 0.15) is 0 Å². The highest BCUT2D eigenvalue weighted by Crippen LogP contribution is 2.11. The Morgan fingerprint density at radius 1 is 0.952 bits per heavy atom. The lowest BCUT2D eigenvalue weighted by Gasteiger charge is -2.08. The highest BCUT2D eigenvalue weighted by molar-refractivity contribution is 5.99. The standard InChI is InChI=1S/C15H16N4O2/c1-9-8-10(2)17-14(16-9)19-15(21)18-13-6-4-12(5-7-13)11(3)20/h4-8H,1-3H3,(H2,16,17,18,19,21). The maximum atomic E-state index is 11.9. The molecule has 1 aromatic heterocycles. The van der Waals surface area contributed by atoms with E-state index < -0.39 is 6.03 Å². The summed E-state index contributed by atoms with van der Waals surface area (Å²) < 4.78 is 0. The van der Waals surface area contributed by atoms with Crippen LogP contribution in [0, 0.1) is 13.8 Å². The third-order valence-electron chi connectivity index (χ3n) is 2.76. The zero-order valence-corrected chi connectivity index (χ0v) is 12.1. The van der Waals surface area contributed by atoms with E-state index in [0.717, 1.165) is 11.4 Å². The van der Waals surface area contributed by atoms with Gasteiger partial charge in [-0.1, -0.05) is 0 Å². The summed E-state index contributed by atoms with van der Waals surface area (Å²) in [6, 6.07) is 8.04. The maximum absolute atomic E-state index is 11.9. The number of anilines is 2. The summed E-state index contributed by atoms with van der Waals surface area (Å²) >= 11 is 0. The molecule has 2 amide bonds. The number of hydrogen-bond acceptors (Lipinski definition) is 4. The van der Waals surface area contributed by atoms with Crippen molar-refractivity contribution in [2.24, 2.45) is 0 Å². The number of carbonyl (C=O) groups is 2. The number of carbonyl (C=O) groups excluding carboxylic acids is 2. The quantitative estimate of drug-likeness (QED) is 0.849. The monoisotopic (exact) mass is 284 g/mol. The molecule has 2 N–H and O–H groups in total. The van der Waals surface area contributed by atoms with Crippen LogP contribution < -0.4 is 10.6 Å². The molecule has 108 valence electrons. The van der Waals surface area contributed by atoms with Crippen molar-refractivity contribution in [3.05, 3.63) is 47.3 Å². The topological polar surface area (TPSA) is 84.0 Å². The Bertz CT molecular complexity index is 660. The van der Waals surface area contributed by atoms with Crippen LogP contribution in [-0.2, 0) is 0 Å². The number of hydrogen-bond donors (Lipinski definition) is 2. The molecule has 0 saturated heterocycles. The van der Waals surface area contributed by atoms with Gasteiger partial charge in [-0.2, -0.15) is 0 Å². The predicted octanol–water partition coefficient (Wildman–Crippen LogP) is 2.94. The molecule has 0 bridgehead atoms. The second kappa shape index (κ2) is 6.13. The van der Waals surface area contributed by atoms with Crippen LogP contribution in [0.4, 0.5) is 16.4 Å². The number of aromatic nitrogens is 2. The molecular formula is C15H16N4O2. The van der Waals surface area contributed by atoms with E-state index in [0.29, 0.717) is 11.3 Å². The first-order chi connectivity index (χ1) is 9.94. The zero-order valence-electron chi connectivity index (χ0n) is 12.1. The SMILES string of the molecule is CC(=O)c1ccc(NC(=O)Nc2nc(C)cc(C)n2)cc1. The van der Waals surface area contributed by atoms with Gasteiger partial charge >= 0.3 is 6.03 Å². The number of benzene rings is 1. The van der Waals surface area contributed by atoms with Gasteiger partial charge in [-0.15, -0.1) is 0 Å². The molecule has 0 aliphatic heterocycles. The van der Waals surface area contributed by atoms with Crippen LogP contribution in [0.1, 0.15) is 28.7 Å². The summed E-state index contributed by atoms with van der Waals surface area (Å²) in [6.07, 6.45) is 0. The largest absolute Gasteiger partial charge is 0.326 e. The normalized spacial score (nSPS) is 10.0. The van der Waals surface area contributed by atoms with Crippen molar-refractivity contribution in [2.75, 3.05) is 10.6 Å². The van der Waals surface area contributed by atoms with Gasteiger partial charge in [-0.3, -0.25) is 10.1 Å². The van der Waals surface area contributed by atoms with Gasteiger partial charge in [0.05, 0.1) is 0 Å². The molecule has 0 aliphatic rings. The van der Waals surface area contributed by atoms with Gasteiger partial charge in [0, 0.05) is 22.6 Å². The first kappa shape index (κ1) is 14.6. The van der Waals surface area contributed by atoms with Crippen molar-refractivity contribution in [2.45, 2.75) is 20.8 Å². The van der Waals surface area contributed by atoms with Crippen LogP contribution >= 0.6 is 0 Å². The van der Waals surface area contributed by atoms with Gasteiger partial charge in [0.15, 0.2) is 5.78 Å². The van der Waals surface area contributed by atoms with Gasteiger partial charge < -0.3 is 5.32 Å². The lowest BCUT2D eigenvalue weighted by molar-refractivity contribution is 0.101. The highest BCUT2D eigenvalue weighted by Gasteiger charge is 2.06. The van der Waals surface area contributed by atoms with E-state index in [1.807, 2.05) is 19.9 Å². The molecular weight excluding hydrogens is 268 g/mol. The van der Waals surface area contributed by atoms with Gasteiger partial charge in [-0.05, 0) is 51.1 Å². The second-order valence-electron chi connectivity index (χ2n) is 4.69. The number of ketones is 1. The summed E-state index contributed by atoms with van der Waals surface area (Å²) in [7, 11) is 0. The molecule has 0 fully saturated rings. The van der Waals surface area contributed by atoms with Crippen molar-refractivity contribution >= 4 is 23.5 Å². The van der Waals surface area contributed by atoms with Crippen LogP contribution in [0.3, 0.4) is 0 Å². The lowest BCUT2D eigenvalue weighted by Crippen LogP contribution is -2.21. The molecule has 0 saturated carbocycles. The van der Waals surface area contributed by atoms with Crippen molar-refractivity contribution in [1.29, 1.82) is 0 Å². The van der Waals surface area contributed by atoms with Crippen LogP contribution in [-0.4, -0.2) is 21.8 Å². The number of aryl methyl sites for hydroxylation is 2. The molecule has 6 heteroatoms. The maximum Gasteiger partial charge on any atom is 0.326 e. The predicted molar refractivity (Wildman–Crippen MR) is 80.6 cm³/mol. The third kappa shape index (κ3) is 4.10. The molecule has 0 spiro atoms. The van der Waals surface area contributed by atoms with E-state index >= 15 is 0 Å². The van der Waals surface area contributed by atoms with E-state index in [-0.39, 0.29) is 11.7 Å². The van der Waals surface area contributed by atoms with Crippen molar-refractivity contribution < 1.29 is 9.59 Å². The minimum atomic E-state index is -0.435. The van der Waals surface area contributed by atoms with Crippen LogP contribution in [0.2, 0.25) is 0 Å². The van der Waals surface area contributed by atoms with E-state index in [1.54, 1.807) is 24.3 Å². The average molecular weight is 284 g/mol. The van der Waals surface area contributed by atoms with Crippen LogP contribution in [0.25, 0.3) is 0 Å². The Kier molecular flexibility index (Phi) is 4.27. The molecule has 0 atom stereocenters. The molecule has 0 aliphatic carbocycles. The average Bonchev–Trinajstić information content (AvgIpc) is 2.37. The summed E-state index contributed by atoms with van der Waals surface area (Å²) in [6.45, 7) is 5.16. The fraction of sp³-hybridized carbons (Fsp3) is 0.200. The minimum Gasteiger partial charge on any atom is -0.308 e. The van der Waals surface area contributed by atoms with Gasteiger partial charge in [0.25, 0.3) is 0 Å². The molecule has 6 nitrogen and oxygen atoms in total. The molecule has 0 radical (unpaired) electrons. The summed E-state index contributed by atoms with van der Waals surface area (Å²) in [5.74, 6) is 0.236. The molecule has 2 rings (SSSR count). The Hall–Kier alpha value is -2.76. The Morgan fingerprint density at radius 2 is 1.52 bits per heavy atom. The van der Waals surface area contributed by atoms with E-state index in [2.05, 4.69) is 20.6 Å². The van der Waals surface area contributed by atoms with Crippen molar-refractivity contribution in [1.82, 2.24) is 9.97 Å². The molecule has 1 heterocycles. The number of nitrogens with zero attached hydrogens (tertiary/aromatic N) is 2. The van der Waals surface area contributed by atoms with E-state index in [4.69, 9.17) is 0 Å². The van der Waals surface area contributed by atoms with E-state index in [9.17, 15) is 9.59 Å². The number of rotatable bonds is 3. The molecule has 21 heavy (non-hydrogen) atoms. The number of nitrogens with one attached hydrogen (secondary N) is 2. The minimum absolute atomic E-state index is 0.0189. The van der Waals surface area contributed by atoms with Crippen LogP contribution in [0.5, 0.6) is 0 Å². The Morgan fingerprint density at radius 3 is 2.05 bits per heavy atom. The molecule has 2 aromatic rings. The molecule has 1 aromatic carbocycles. The summed E-state index contributed by atoms with van der Waals surface area (Å²) in [5, 5.41) is 5.22. The first-order valence-corrected chi connectivity index (χ1v) is 6.45. The van der Waals surface area contributed by atoms with E-state index in [1.165, 1.54) is 6.92 Å². The summed E-state index contributed by atoms with van der Waals surface area (Å²) in [4.78, 5) is 31.3.